The van der Waals surface area contributed by atoms with Gasteiger partial charge >= 0.3 is 0 Å². The molecule has 1 aromatic rings. The second kappa shape index (κ2) is 12.2. The molecule has 0 unspecified atom stereocenters. The third-order valence-corrected chi connectivity index (χ3v) is 6.14. The maximum Gasteiger partial charge on any atom is 0.267 e. The molecule has 1 aromatic carbocycles. The van der Waals surface area contributed by atoms with Crippen LogP contribution in [-0.4, -0.2) is 12.4 Å². The molecule has 1 fully saturated rings. The smallest absolute Gasteiger partial charge is 0.267 e. The van der Waals surface area contributed by atoms with E-state index in [-0.39, 0.29) is 24.3 Å². The number of ether oxygens (including phenoxy) is 1. The van der Waals surface area contributed by atoms with Crippen molar-refractivity contribution in [3.05, 3.63) is 29.1 Å². The monoisotopic (exact) mass is 412 g/mol. The van der Waals surface area contributed by atoms with Gasteiger partial charge in [-0.05, 0) is 37.3 Å². The van der Waals surface area contributed by atoms with Crippen molar-refractivity contribution in [3.63, 3.8) is 0 Å². The first-order chi connectivity index (χ1) is 14.0. The summed E-state index contributed by atoms with van der Waals surface area (Å²) >= 11 is 0. The Morgan fingerprint density at radius 2 is 1.69 bits per heavy atom. The molecule has 1 saturated carbocycles. The lowest BCUT2D eigenvalue weighted by Gasteiger charge is -2.28. The van der Waals surface area contributed by atoms with Crippen molar-refractivity contribution in [3.8, 4) is 5.75 Å². The van der Waals surface area contributed by atoms with Crippen LogP contribution in [-0.2, 0) is 0 Å². The Morgan fingerprint density at radius 3 is 2.28 bits per heavy atom. The Hall–Kier alpha value is -1.52. The first-order valence-electron chi connectivity index (χ1n) is 11.2. The van der Waals surface area contributed by atoms with E-state index in [0.717, 1.165) is 24.7 Å². The van der Waals surface area contributed by atoms with Crippen LogP contribution in [0.25, 0.3) is 0 Å². The van der Waals surface area contributed by atoms with Gasteiger partial charge in [-0.15, -0.1) is 0 Å². The van der Waals surface area contributed by atoms with Crippen molar-refractivity contribution in [2.75, 3.05) is 6.61 Å². The Labute approximate surface area is 173 Å². The minimum absolute atomic E-state index is 0.174. The molecule has 0 bridgehead atoms. The standard InChI is InChI=1S/C24H35F3O2/c1-3-8-17-11-13-18(14-12-17)9-6-5-7-10-20(28)19-15-16-21(29-4-2)23(25)22(19)24(26)27/h15-18,24H,3-14H2,1-2H3. The SMILES string of the molecule is CCCC1CCC(CCCCCC(=O)c2ccc(OCC)c(F)c2C(F)F)CC1. The minimum atomic E-state index is -3.04. The first kappa shape index (κ1) is 23.8. The molecule has 0 N–H and O–H groups in total. The highest BCUT2D eigenvalue weighted by molar-refractivity contribution is 5.97. The molecule has 1 aliphatic carbocycles. The van der Waals surface area contributed by atoms with Gasteiger partial charge in [0.15, 0.2) is 17.3 Å². The third-order valence-electron chi connectivity index (χ3n) is 6.14. The summed E-state index contributed by atoms with van der Waals surface area (Å²) in [5, 5.41) is 0. The van der Waals surface area contributed by atoms with Gasteiger partial charge in [-0.25, -0.2) is 13.2 Å². The van der Waals surface area contributed by atoms with Crippen LogP contribution in [0.3, 0.4) is 0 Å². The molecule has 1 aliphatic rings. The van der Waals surface area contributed by atoms with Gasteiger partial charge in [0.1, 0.15) is 0 Å². The van der Waals surface area contributed by atoms with E-state index in [9.17, 15) is 18.0 Å². The van der Waals surface area contributed by atoms with Crippen LogP contribution >= 0.6 is 0 Å². The van der Waals surface area contributed by atoms with Crippen LogP contribution in [0.15, 0.2) is 12.1 Å². The fraction of sp³-hybridized carbons (Fsp3) is 0.708. The van der Waals surface area contributed by atoms with E-state index in [1.807, 2.05) is 0 Å². The summed E-state index contributed by atoms with van der Waals surface area (Å²) < 4.78 is 46.0. The highest BCUT2D eigenvalue weighted by Gasteiger charge is 2.25. The highest BCUT2D eigenvalue weighted by atomic mass is 19.3. The summed E-state index contributed by atoms with van der Waals surface area (Å²) in [6.45, 7) is 4.07. The van der Waals surface area contributed by atoms with Gasteiger partial charge < -0.3 is 4.74 Å². The lowest BCUT2D eigenvalue weighted by atomic mass is 9.78. The molecule has 2 nitrogen and oxygen atoms in total. The molecule has 0 radical (unpaired) electrons. The third kappa shape index (κ3) is 7.04. The zero-order valence-electron chi connectivity index (χ0n) is 17.8. The average molecular weight is 413 g/mol. The van der Waals surface area contributed by atoms with E-state index in [4.69, 9.17) is 4.74 Å². The number of carbonyl (C=O) groups excluding carboxylic acids is 1. The highest BCUT2D eigenvalue weighted by Crippen LogP contribution is 2.35. The molecule has 0 heterocycles. The van der Waals surface area contributed by atoms with Crippen molar-refractivity contribution in [1.29, 1.82) is 0 Å². The first-order valence-corrected chi connectivity index (χ1v) is 11.2. The number of Topliss-reactive ketones (excluding diaryl/α,β-unsaturated/α-hetero) is 1. The maximum absolute atomic E-state index is 14.3. The Morgan fingerprint density at radius 1 is 1.03 bits per heavy atom. The van der Waals surface area contributed by atoms with Crippen LogP contribution in [0, 0.1) is 17.7 Å². The van der Waals surface area contributed by atoms with Crippen molar-refractivity contribution >= 4 is 5.78 Å². The summed E-state index contributed by atoms with van der Waals surface area (Å²) in [4.78, 5) is 12.4. The van der Waals surface area contributed by atoms with Crippen molar-refractivity contribution in [1.82, 2.24) is 0 Å². The van der Waals surface area contributed by atoms with Gasteiger partial charge in [-0.1, -0.05) is 64.7 Å². The fourth-order valence-electron chi connectivity index (χ4n) is 4.54. The normalized spacial score (nSPS) is 19.5. The summed E-state index contributed by atoms with van der Waals surface area (Å²) in [5.41, 5.74) is -1.04. The second-order valence-electron chi connectivity index (χ2n) is 8.27. The molecule has 0 saturated heterocycles. The summed E-state index contributed by atoms with van der Waals surface area (Å²) in [6.07, 6.45) is 8.88. The van der Waals surface area contributed by atoms with Gasteiger partial charge in [0.25, 0.3) is 6.43 Å². The summed E-state index contributed by atoms with van der Waals surface area (Å²) in [6, 6.07) is 2.54. The molecule has 164 valence electrons. The van der Waals surface area contributed by atoms with Crippen molar-refractivity contribution in [2.45, 2.75) is 90.9 Å². The molecule has 29 heavy (non-hydrogen) atoms. The molecule has 0 aromatic heterocycles. The van der Waals surface area contributed by atoms with Crippen LogP contribution in [0.2, 0.25) is 0 Å². The van der Waals surface area contributed by atoms with Gasteiger partial charge in [0.2, 0.25) is 0 Å². The number of rotatable bonds is 12. The van der Waals surface area contributed by atoms with E-state index in [2.05, 4.69) is 6.92 Å². The van der Waals surface area contributed by atoms with Crippen molar-refractivity contribution < 1.29 is 22.7 Å². The van der Waals surface area contributed by atoms with Crippen LogP contribution < -0.4 is 4.74 Å². The van der Waals surface area contributed by atoms with Gasteiger partial charge in [0.05, 0.1) is 12.2 Å². The van der Waals surface area contributed by atoms with Crippen LogP contribution in [0.4, 0.5) is 13.2 Å². The van der Waals surface area contributed by atoms with Crippen LogP contribution in [0.1, 0.15) is 107 Å². The summed E-state index contributed by atoms with van der Waals surface area (Å²) in [7, 11) is 0. The zero-order valence-corrected chi connectivity index (χ0v) is 17.8. The topological polar surface area (TPSA) is 26.3 Å². The molecule has 0 spiro atoms. The lowest BCUT2D eigenvalue weighted by Crippen LogP contribution is -2.14. The average Bonchev–Trinajstić information content (AvgIpc) is 2.70. The van der Waals surface area contributed by atoms with Gasteiger partial charge in [0, 0.05) is 12.0 Å². The van der Waals surface area contributed by atoms with E-state index >= 15 is 0 Å². The molecule has 5 heteroatoms. The number of hydrogen-bond acceptors (Lipinski definition) is 2. The summed E-state index contributed by atoms with van der Waals surface area (Å²) in [5.74, 6) is -0.0569. The largest absolute Gasteiger partial charge is 0.491 e. The van der Waals surface area contributed by atoms with E-state index in [1.54, 1.807) is 6.92 Å². The minimum Gasteiger partial charge on any atom is -0.491 e. The zero-order chi connectivity index (χ0) is 21.2. The molecular weight excluding hydrogens is 377 g/mol. The molecule has 0 aliphatic heterocycles. The van der Waals surface area contributed by atoms with Crippen LogP contribution in [0.5, 0.6) is 5.75 Å². The van der Waals surface area contributed by atoms with Gasteiger partial charge in [-0.3, -0.25) is 4.79 Å². The Kier molecular flexibility index (Phi) is 10.0. The molecular formula is C24H35F3O2. The number of unbranched alkanes of at least 4 members (excludes halogenated alkanes) is 2. The Bertz CT molecular complexity index is 637. The maximum atomic E-state index is 14.3. The predicted octanol–water partition coefficient (Wildman–Crippen LogP) is 7.90. The number of ketones is 1. The lowest BCUT2D eigenvalue weighted by molar-refractivity contribution is 0.0961. The quantitative estimate of drug-likeness (QED) is 0.258. The van der Waals surface area contributed by atoms with E-state index < -0.39 is 23.6 Å². The number of benzene rings is 1. The van der Waals surface area contributed by atoms with E-state index in [1.165, 1.54) is 57.1 Å². The molecule has 0 amide bonds. The number of hydrogen-bond donors (Lipinski definition) is 0. The van der Waals surface area contributed by atoms with Crippen molar-refractivity contribution in [2.24, 2.45) is 11.8 Å². The Balaban J connectivity index is 1.77. The predicted molar refractivity (Wildman–Crippen MR) is 110 cm³/mol. The molecule has 2 rings (SSSR count). The van der Waals surface area contributed by atoms with Gasteiger partial charge in [-0.2, -0.15) is 0 Å². The fourth-order valence-corrected chi connectivity index (χ4v) is 4.54. The number of carbonyl (C=O) groups is 1. The second-order valence-corrected chi connectivity index (χ2v) is 8.27. The number of halogens is 3. The van der Waals surface area contributed by atoms with E-state index in [0.29, 0.717) is 6.42 Å². The number of alkyl halides is 2. The molecule has 0 atom stereocenters.